The van der Waals surface area contributed by atoms with Crippen molar-refractivity contribution in [2.45, 2.75) is 12.1 Å². The number of hydrogen-bond donors (Lipinski definition) is 0. The van der Waals surface area contributed by atoms with Crippen molar-refractivity contribution in [3.8, 4) is 6.07 Å². The highest BCUT2D eigenvalue weighted by molar-refractivity contribution is 5.43. The van der Waals surface area contributed by atoms with Crippen LogP contribution in [0.2, 0.25) is 0 Å². The molecule has 18 heavy (non-hydrogen) atoms. The third kappa shape index (κ3) is 1.94. The van der Waals surface area contributed by atoms with Crippen LogP contribution in [-0.4, -0.2) is 55.3 Å². The lowest BCUT2D eigenvalue weighted by atomic mass is 10.1. The molecule has 5 nitrogen and oxygen atoms in total. The van der Waals surface area contributed by atoms with E-state index in [1.54, 1.807) is 6.20 Å². The van der Waals surface area contributed by atoms with E-state index in [-0.39, 0.29) is 6.10 Å². The first-order chi connectivity index (χ1) is 8.78. The first-order valence-corrected chi connectivity index (χ1v) is 6.21. The van der Waals surface area contributed by atoms with Crippen molar-refractivity contribution in [2.24, 2.45) is 0 Å². The molecule has 94 valence electrons. The molecule has 0 aliphatic carbocycles. The second-order valence-corrected chi connectivity index (χ2v) is 4.88. The van der Waals surface area contributed by atoms with Gasteiger partial charge < -0.3 is 9.64 Å². The minimum atomic E-state index is 0.279. The van der Waals surface area contributed by atoms with Gasteiger partial charge in [0.2, 0.25) is 0 Å². The second kappa shape index (κ2) is 4.56. The van der Waals surface area contributed by atoms with Crippen LogP contribution in [0.1, 0.15) is 5.56 Å². The third-order valence-corrected chi connectivity index (χ3v) is 3.78. The van der Waals surface area contributed by atoms with Gasteiger partial charge >= 0.3 is 0 Å². The second-order valence-electron chi connectivity index (χ2n) is 4.88. The van der Waals surface area contributed by atoms with E-state index >= 15 is 0 Å². The molecule has 2 aliphatic heterocycles. The van der Waals surface area contributed by atoms with E-state index in [1.807, 2.05) is 12.1 Å². The quantitative estimate of drug-likeness (QED) is 0.719. The number of rotatable bonds is 1. The van der Waals surface area contributed by atoms with Crippen molar-refractivity contribution < 1.29 is 4.74 Å². The Bertz CT molecular complexity index is 467. The van der Waals surface area contributed by atoms with Crippen LogP contribution in [0.4, 0.5) is 5.82 Å². The van der Waals surface area contributed by atoms with Crippen LogP contribution in [-0.2, 0) is 4.74 Å². The van der Waals surface area contributed by atoms with Gasteiger partial charge in [0.15, 0.2) is 0 Å². The van der Waals surface area contributed by atoms with E-state index in [0.717, 1.165) is 32.1 Å². The Kier molecular flexibility index (Phi) is 2.90. The molecule has 0 N–H and O–H groups in total. The molecule has 0 radical (unpaired) electrons. The van der Waals surface area contributed by atoms with Crippen molar-refractivity contribution >= 4 is 5.82 Å². The van der Waals surface area contributed by atoms with Gasteiger partial charge in [-0.3, -0.25) is 4.90 Å². The lowest BCUT2D eigenvalue weighted by molar-refractivity contribution is -0.0362. The molecule has 2 unspecified atom stereocenters. The predicted octanol–water partition coefficient (Wildman–Crippen LogP) is 0.472. The molecule has 1 aromatic rings. The summed E-state index contributed by atoms with van der Waals surface area (Å²) in [6.45, 7) is 3.64. The van der Waals surface area contributed by atoms with Crippen molar-refractivity contribution in [3.05, 3.63) is 23.9 Å². The zero-order valence-electron chi connectivity index (χ0n) is 10.4. The Labute approximate surface area is 107 Å². The fourth-order valence-electron chi connectivity index (χ4n) is 2.68. The number of ether oxygens (including phenoxy) is 1. The molecule has 5 heteroatoms. The Morgan fingerprint density at radius 1 is 1.44 bits per heavy atom. The summed E-state index contributed by atoms with van der Waals surface area (Å²) in [5.41, 5.74) is 0.601. The Balaban J connectivity index is 1.76. The number of pyridine rings is 1. The first kappa shape index (κ1) is 11.5. The van der Waals surface area contributed by atoms with Gasteiger partial charge in [-0.1, -0.05) is 0 Å². The lowest BCUT2D eigenvalue weighted by Crippen LogP contribution is -2.48. The van der Waals surface area contributed by atoms with Crippen LogP contribution < -0.4 is 4.90 Å². The topological polar surface area (TPSA) is 52.4 Å². The van der Waals surface area contributed by atoms with E-state index in [0.29, 0.717) is 11.6 Å². The Hall–Kier alpha value is -1.64. The van der Waals surface area contributed by atoms with Gasteiger partial charge in [-0.2, -0.15) is 5.26 Å². The molecule has 3 heterocycles. The standard InChI is InChI=1S/C13H16N4O/c1-16-4-5-18-12-9-17(8-11(12)16)13-3-2-10(6-14)7-15-13/h2-3,7,11-12H,4-5,8-9H2,1H3. The molecule has 0 aromatic carbocycles. The molecule has 0 saturated carbocycles. The highest BCUT2D eigenvalue weighted by Gasteiger charge is 2.38. The highest BCUT2D eigenvalue weighted by Crippen LogP contribution is 2.25. The van der Waals surface area contributed by atoms with Gasteiger partial charge in [0.25, 0.3) is 0 Å². The molecule has 2 saturated heterocycles. The number of fused-ring (bicyclic) bond motifs is 1. The first-order valence-electron chi connectivity index (χ1n) is 6.21. The Morgan fingerprint density at radius 2 is 2.33 bits per heavy atom. The summed E-state index contributed by atoms with van der Waals surface area (Å²) in [6.07, 6.45) is 1.91. The zero-order valence-corrected chi connectivity index (χ0v) is 10.4. The average Bonchev–Trinajstić information content (AvgIpc) is 2.84. The monoisotopic (exact) mass is 244 g/mol. The molecular formula is C13H16N4O. The van der Waals surface area contributed by atoms with Crippen LogP contribution in [0.3, 0.4) is 0 Å². The number of nitriles is 1. The number of nitrogens with zero attached hydrogens (tertiary/aromatic N) is 4. The summed E-state index contributed by atoms with van der Waals surface area (Å²) in [5, 5.41) is 8.77. The van der Waals surface area contributed by atoms with E-state index < -0.39 is 0 Å². The summed E-state index contributed by atoms with van der Waals surface area (Å²) in [5.74, 6) is 0.931. The fourth-order valence-corrected chi connectivity index (χ4v) is 2.68. The minimum absolute atomic E-state index is 0.279. The molecule has 1 aromatic heterocycles. The van der Waals surface area contributed by atoms with Crippen LogP contribution in [0.15, 0.2) is 18.3 Å². The molecule has 0 amide bonds. The number of hydrogen-bond acceptors (Lipinski definition) is 5. The normalized spacial score (nSPS) is 27.9. The molecule has 3 rings (SSSR count). The highest BCUT2D eigenvalue weighted by atomic mass is 16.5. The van der Waals surface area contributed by atoms with Crippen molar-refractivity contribution in [3.63, 3.8) is 0 Å². The number of morpholine rings is 1. The molecular weight excluding hydrogens is 228 g/mol. The molecule has 2 aliphatic rings. The smallest absolute Gasteiger partial charge is 0.128 e. The van der Waals surface area contributed by atoms with Crippen molar-refractivity contribution in [2.75, 3.05) is 38.2 Å². The van der Waals surface area contributed by atoms with Gasteiger partial charge in [-0.15, -0.1) is 0 Å². The largest absolute Gasteiger partial charge is 0.373 e. The SMILES string of the molecule is CN1CCOC2CN(c3ccc(C#N)cn3)CC21. The van der Waals surface area contributed by atoms with Crippen LogP contribution >= 0.6 is 0 Å². The zero-order chi connectivity index (χ0) is 12.5. The number of likely N-dealkylation sites (N-methyl/N-ethyl adjacent to an activating group) is 1. The van der Waals surface area contributed by atoms with Gasteiger partial charge in [-0.05, 0) is 19.2 Å². The van der Waals surface area contributed by atoms with Gasteiger partial charge in [0.05, 0.1) is 24.3 Å². The fraction of sp³-hybridized carbons (Fsp3) is 0.538. The lowest BCUT2D eigenvalue weighted by Gasteiger charge is -2.33. The van der Waals surface area contributed by atoms with Crippen LogP contribution in [0, 0.1) is 11.3 Å². The molecule has 2 fully saturated rings. The van der Waals surface area contributed by atoms with E-state index in [2.05, 4.69) is 27.9 Å². The van der Waals surface area contributed by atoms with E-state index in [9.17, 15) is 0 Å². The Morgan fingerprint density at radius 3 is 3.00 bits per heavy atom. The summed E-state index contributed by atoms with van der Waals surface area (Å²) < 4.78 is 5.81. The van der Waals surface area contributed by atoms with Crippen LogP contribution in [0.5, 0.6) is 0 Å². The van der Waals surface area contributed by atoms with Crippen LogP contribution in [0.25, 0.3) is 0 Å². The summed E-state index contributed by atoms with van der Waals surface area (Å²) in [4.78, 5) is 8.94. The summed E-state index contributed by atoms with van der Waals surface area (Å²) in [7, 11) is 2.15. The maximum atomic E-state index is 8.77. The third-order valence-electron chi connectivity index (χ3n) is 3.78. The van der Waals surface area contributed by atoms with Gasteiger partial charge in [0.1, 0.15) is 11.9 Å². The number of aromatic nitrogens is 1. The summed E-state index contributed by atoms with van der Waals surface area (Å²) in [6, 6.07) is 6.27. The predicted molar refractivity (Wildman–Crippen MR) is 67.3 cm³/mol. The average molecular weight is 244 g/mol. The summed E-state index contributed by atoms with van der Waals surface area (Å²) >= 11 is 0. The van der Waals surface area contributed by atoms with Gasteiger partial charge in [-0.25, -0.2) is 4.98 Å². The van der Waals surface area contributed by atoms with E-state index in [4.69, 9.17) is 10.00 Å². The van der Waals surface area contributed by atoms with Crippen molar-refractivity contribution in [1.82, 2.24) is 9.88 Å². The molecule has 2 atom stereocenters. The molecule has 0 bridgehead atoms. The maximum absolute atomic E-state index is 8.77. The molecule has 0 spiro atoms. The van der Waals surface area contributed by atoms with Gasteiger partial charge in [0, 0.05) is 25.8 Å². The van der Waals surface area contributed by atoms with E-state index in [1.165, 1.54) is 0 Å². The number of anilines is 1. The minimum Gasteiger partial charge on any atom is -0.373 e. The maximum Gasteiger partial charge on any atom is 0.128 e. The van der Waals surface area contributed by atoms with Crippen molar-refractivity contribution in [1.29, 1.82) is 5.26 Å².